The number of nitrogens with one attached hydrogen (secondary N) is 1. The number of amides is 2. The van der Waals surface area contributed by atoms with Gasteiger partial charge in [-0.05, 0) is 89.8 Å². The van der Waals surface area contributed by atoms with E-state index < -0.39 is 55.7 Å². The molecule has 2 aliphatic heterocycles. The van der Waals surface area contributed by atoms with E-state index in [9.17, 15) is 27.6 Å². The molecule has 1 N–H and O–H groups in total. The minimum Gasteiger partial charge on any atom is -0.460 e. The third-order valence-corrected chi connectivity index (χ3v) is 14.0. The van der Waals surface area contributed by atoms with Crippen LogP contribution in [0.3, 0.4) is 0 Å². The highest BCUT2D eigenvalue weighted by Crippen LogP contribution is 2.57. The van der Waals surface area contributed by atoms with Gasteiger partial charge >= 0.3 is 5.97 Å². The lowest BCUT2D eigenvalue weighted by Gasteiger charge is -2.29. The standard InChI is InChI=1S/C43H54N4O8S/c1-41(2,3)55-37(49)23-30-17-11-6-5-7-12-18-31-25-43(31,39(51)45-56(52,53)42(4)21-22-42)26-36(48)35-24-32(28-46(35)38(30)50)54-40-44-33-19-13-14-20-34(33)47(40)27-29-15-9-8-10-16-29/h8-10,12-16,18-20,30-32,35H,5-7,11,17,21-28H2,1-4H3,(H,45,51)/b18-12-/t30-,31-,32-,35+,43-/m1/s1. The highest BCUT2D eigenvalue weighted by molar-refractivity contribution is 7.91. The largest absolute Gasteiger partial charge is 0.460 e. The number of allylic oxidation sites excluding steroid dienone is 2. The number of fused-ring (bicyclic) bond motifs is 3. The molecule has 0 unspecified atom stereocenters. The van der Waals surface area contributed by atoms with Crippen LogP contribution < -0.4 is 9.46 Å². The average Bonchev–Trinajstić information content (AvgIpc) is 3.97. The number of Topliss-reactive ketones (excluding diaryl/α,β-unsaturated/α-hetero) is 1. The summed E-state index contributed by atoms with van der Waals surface area (Å²) >= 11 is 0. The van der Waals surface area contributed by atoms with E-state index in [4.69, 9.17) is 14.5 Å². The van der Waals surface area contributed by atoms with E-state index in [0.717, 1.165) is 35.9 Å². The fraction of sp³-hybridized carbons (Fsp3) is 0.558. The van der Waals surface area contributed by atoms with Crippen LogP contribution in [0, 0.1) is 17.3 Å². The molecule has 300 valence electrons. The Balaban J connectivity index is 1.20. The normalized spacial score (nSPS) is 27.3. The van der Waals surface area contributed by atoms with E-state index in [1.165, 1.54) is 4.90 Å². The van der Waals surface area contributed by atoms with Crippen molar-refractivity contribution < 1.29 is 37.1 Å². The van der Waals surface area contributed by atoms with Crippen molar-refractivity contribution >= 4 is 44.6 Å². The minimum atomic E-state index is -3.94. The first-order valence-corrected chi connectivity index (χ1v) is 21.5. The van der Waals surface area contributed by atoms with E-state index in [2.05, 4.69) is 4.72 Å². The van der Waals surface area contributed by atoms with Gasteiger partial charge in [0.1, 0.15) is 11.7 Å². The summed E-state index contributed by atoms with van der Waals surface area (Å²) in [5, 5.41) is 0. The second-order valence-electron chi connectivity index (χ2n) is 17.5. The van der Waals surface area contributed by atoms with E-state index in [0.29, 0.717) is 44.7 Å². The zero-order valence-corrected chi connectivity index (χ0v) is 33.7. The number of carbonyl (C=O) groups is 4. The molecule has 4 aliphatic rings. The maximum absolute atomic E-state index is 14.7. The third-order valence-electron chi connectivity index (χ3n) is 11.9. The summed E-state index contributed by atoms with van der Waals surface area (Å²) in [7, 11) is -3.94. The van der Waals surface area contributed by atoms with Crippen molar-refractivity contribution in [3.8, 4) is 6.01 Å². The zero-order valence-electron chi connectivity index (χ0n) is 32.9. The van der Waals surface area contributed by atoms with E-state index >= 15 is 0 Å². The Morgan fingerprint density at radius 2 is 1.73 bits per heavy atom. The fourth-order valence-electron chi connectivity index (χ4n) is 8.22. The topological polar surface area (TPSA) is 154 Å². The summed E-state index contributed by atoms with van der Waals surface area (Å²) in [4.78, 5) is 62.8. The van der Waals surface area contributed by atoms with Crippen LogP contribution in [0.5, 0.6) is 6.01 Å². The van der Waals surface area contributed by atoms with Gasteiger partial charge in [0, 0.05) is 18.8 Å². The maximum atomic E-state index is 14.7. The van der Waals surface area contributed by atoms with Crippen LogP contribution in [-0.2, 0) is 40.5 Å². The molecule has 0 bridgehead atoms. The molecule has 2 saturated carbocycles. The monoisotopic (exact) mass is 786 g/mol. The van der Waals surface area contributed by atoms with Crippen LogP contribution in [0.4, 0.5) is 0 Å². The number of carbonyl (C=O) groups excluding carboxylic acids is 4. The number of esters is 1. The van der Waals surface area contributed by atoms with Crippen molar-refractivity contribution in [1.29, 1.82) is 0 Å². The van der Waals surface area contributed by atoms with Gasteiger partial charge in [-0.3, -0.25) is 28.5 Å². The molecule has 1 aromatic heterocycles. The molecular formula is C43H54N4O8S. The van der Waals surface area contributed by atoms with E-state index in [1.807, 2.05) is 71.3 Å². The first-order chi connectivity index (χ1) is 26.6. The molecule has 7 rings (SSSR count). The fourth-order valence-corrected chi connectivity index (χ4v) is 9.55. The number of rotatable bonds is 9. The van der Waals surface area contributed by atoms with E-state index in [1.54, 1.807) is 27.7 Å². The predicted octanol–water partition coefficient (Wildman–Crippen LogP) is 6.27. The number of para-hydroxylation sites is 2. The van der Waals surface area contributed by atoms with Crippen LogP contribution in [0.15, 0.2) is 66.7 Å². The van der Waals surface area contributed by atoms with Crippen LogP contribution in [0.2, 0.25) is 0 Å². The van der Waals surface area contributed by atoms with Crippen molar-refractivity contribution in [2.24, 2.45) is 17.3 Å². The Morgan fingerprint density at radius 3 is 2.46 bits per heavy atom. The SMILES string of the molecule is CC(C)(C)OC(=O)C[C@H]1CCCCC/C=C\[C@@H]2C[C@@]2(C(=O)NS(=O)(=O)C2(C)CC2)CC(=O)[C@@H]2C[C@@H](Oc3nc4ccccc4n3Cc3ccccc3)CN2C1=O. The summed E-state index contributed by atoms with van der Waals surface area (Å²) in [5.41, 5.74) is 0.678. The molecule has 56 heavy (non-hydrogen) atoms. The van der Waals surface area contributed by atoms with Gasteiger partial charge < -0.3 is 14.4 Å². The molecule has 13 heteroatoms. The number of imidazole rings is 1. The van der Waals surface area contributed by atoms with Gasteiger partial charge in [0.2, 0.25) is 21.8 Å². The van der Waals surface area contributed by atoms with Crippen molar-refractivity contribution in [1.82, 2.24) is 19.2 Å². The van der Waals surface area contributed by atoms with Crippen LogP contribution >= 0.6 is 0 Å². The van der Waals surface area contributed by atoms with Crippen LogP contribution in [-0.4, -0.2) is 75.5 Å². The average molecular weight is 787 g/mol. The molecule has 12 nitrogen and oxygen atoms in total. The lowest BCUT2D eigenvalue weighted by molar-refractivity contribution is -0.159. The molecule has 3 heterocycles. The lowest BCUT2D eigenvalue weighted by Crippen LogP contribution is -2.47. The number of nitrogens with zero attached hydrogens (tertiary/aromatic N) is 3. The number of ketones is 1. The van der Waals surface area contributed by atoms with Gasteiger partial charge in [-0.1, -0.05) is 67.5 Å². The summed E-state index contributed by atoms with van der Waals surface area (Å²) in [5.74, 6) is -2.86. The summed E-state index contributed by atoms with van der Waals surface area (Å²) in [6.45, 7) is 7.53. The maximum Gasteiger partial charge on any atom is 0.307 e. The number of aromatic nitrogens is 2. The third kappa shape index (κ3) is 8.57. The Bertz CT molecular complexity index is 2120. The summed E-state index contributed by atoms with van der Waals surface area (Å²) in [6, 6.07) is 17.1. The summed E-state index contributed by atoms with van der Waals surface area (Å²) < 4.78 is 42.1. The van der Waals surface area contributed by atoms with Gasteiger partial charge in [-0.2, -0.15) is 4.98 Å². The highest BCUT2D eigenvalue weighted by Gasteiger charge is 2.62. The number of ether oxygens (including phenoxy) is 2. The molecule has 2 aromatic carbocycles. The number of sulfonamides is 1. The van der Waals surface area contributed by atoms with Crippen molar-refractivity contribution in [3.05, 3.63) is 72.3 Å². The first kappa shape index (κ1) is 39.7. The van der Waals surface area contributed by atoms with Crippen molar-refractivity contribution in [2.75, 3.05) is 6.54 Å². The predicted molar refractivity (Wildman–Crippen MR) is 211 cm³/mol. The van der Waals surface area contributed by atoms with Gasteiger partial charge in [0.15, 0.2) is 5.78 Å². The Morgan fingerprint density at radius 1 is 1.00 bits per heavy atom. The second kappa shape index (κ2) is 15.4. The highest BCUT2D eigenvalue weighted by atomic mass is 32.2. The molecule has 2 amide bonds. The van der Waals surface area contributed by atoms with Crippen LogP contribution in [0.25, 0.3) is 11.0 Å². The van der Waals surface area contributed by atoms with Gasteiger partial charge in [-0.25, -0.2) is 8.42 Å². The first-order valence-electron chi connectivity index (χ1n) is 20.0. The molecule has 3 fully saturated rings. The molecule has 0 spiro atoms. The number of hydrogen-bond donors (Lipinski definition) is 1. The number of benzene rings is 2. The Kier molecular flexibility index (Phi) is 10.9. The Hall–Kier alpha value is -4.52. The van der Waals surface area contributed by atoms with Gasteiger partial charge in [0.05, 0.1) is 46.7 Å². The smallest absolute Gasteiger partial charge is 0.307 e. The minimum absolute atomic E-state index is 0.0733. The molecular weight excluding hydrogens is 733 g/mol. The molecule has 0 radical (unpaired) electrons. The van der Waals surface area contributed by atoms with Gasteiger partial charge in [-0.15, -0.1) is 0 Å². The van der Waals surface area contributed by atoms with E-state index in [-0.39, 0.29) is 43.4 Å². The van der Waals surface area contributed by atoms with Gasteiger partial charge in [0.25, 0.3) is 6.01 Å². The van der Waals surface area contributed by atoms with Crippen LogP contribution in [0.1, 0.15) is 104 Å². The molecule has 2 aliphatic carbocycles. The second-order valence-corrected chi connectivity index (χ2v) is 19.7. The van der Waals surface area contributed by atoms with Crippen molar-refractivity contribution in [3.63, 3.8) is 0 Å². The number of hydrogen-bond acceptors (Lipinski definition) is 9. The molecule has 5 atom stereocenters. The molecule has 1 saturated heterocycles. The summed E-state index contributed by atoms with van der Waals surface area (Å²) in [6.07, 6.45) is 7.94. The van der Waals surface area contributed by atoms with Crippen molar-refractivity contribution in [2.45, 2.75) is 127 Å². The zero-order chi connectivity index (χ0) is 39.9. The quantitative estimate of drug-likeness (QED) is 0.196. The molecule has 3 aromatic rings. The lowest BCUT2D eigenvalue weighted by atomic mass is 9.90. The Labute approximate surface area is 329 Å².